The second-order valence-corrected chi connectivity index (χ2v) is 3.71. The molecular formula is C13H12FN3O. The smallest absolute Gasteiger partial charge is 0.274 e. The summed E-state index contributed by atoms with van der Waals surface area (Å²) in [5, 5.41) is 2.63. The van der Waals surface area contributed by atoms with E-state index in [0.717, 1.165) is 5.56 Å². The third kappa shape index (κ3) is 2.89. The molecule has 0 saturated carbocycles. The molecule has 3 N–H and O–H groups in total. The summed E-state index contributed by atoms with van der Waals surface area (Å²) in [5.41, 5.74) is 7.11. The maximum Gasteiger partial charge on any atom is 0.274 e. The number of carbonyl (C=O) groups is 1. The number of anilines is 1. The Hall–Kier alpha value is -2.27. The molecule has 0 bridgehead atoms. The van der Waals surface area contributed by atoms with Crippen LogP contribution in [0.1, 0.15) is 16.1 Å². The van der Waals surface area contributed by atoms with Crippen molar-refractivity contribution in [3.8, 4) is 0 Å². The fraction of sp³-hybridized carbons (Fsp3) is 0.0769. The summed E-state index contributed by atoms with van der Waals surface area (Å²) in [6.45, 7) is 0.347. The molecule has 0 aliphatic carbocycles. The van der Waals surface area contributed by atoms with E-state index < -0.39 is 0 Å². The van der Waals surface area contributed by atoms with E-state index in [4.69, 9.17) is 5.73 Å². The van der Waals surface area contributed by atoms with Gasteiger partial charge in [0.25, 0.3) is 5.91 Å². The average molecular weight is 245 g/mol. The van der Waals surface area contributed by atoms with Gasteiger partial charge in [0.2, 0.25) is 0 Å². The Kier molecular flexibility index (Phi) is 3.64. The molecule has 1 aromatic carbocycles. The van der Waals surface area contributed by atoms with Crippen molar-refractivity contribution < 1.29 is 9.18 Å². The largest absolute Gasteiger partial charge is 0.326 e. The van der Waals surface area contributed by atoms with Crippen molar-refractivity contribution in [3.05, 3.63) is 59.7 Å². The second kappa shape index (κ2) is 5.37. The first-order chi connectivity index (χ1) is 8.69. The Morgan fingerprint density at radius 3 is 2.67 bits per heavy atom. The number of aromatic nitrogens is 1. The highest BCUT2D eigenvalue weighted by Crippen LogP contribution is 2.10. The molecule has 0 spiro atoms. The average Bonchev–Trinajstić information content (AvgIpc) is 2.41. The van der Waals surface area contributed by atoms with Crippen LogP contribution in [0.15, 0.2) is 42.6 Å². The molecule has 0 unspecified atom stereocenters. The summed E-state index contributed by atoms with van der Waals surface area (Å²) in [4.78, 5) is 15.8. The normalized spacial score (nSPS) is 10.1. The van der Waals surface area contributed by atoms with Gasteiger partial charge in [-0.25, -0.2) is 4.39 Å². The Bertz CT molecular complexity index is 554. The van der Waals surface area contributed by atoms with Crippen molar-refractivity contribution in [2.24, 2.45) is 5.73 Å². The van der Waals surface area contributed by atoms with E-state index >= 15 is 0 Å². The Balaban J connectivity index is 2.14. The first-order valence-electron chi connectivity index (χ1n) is 5.41. The highest BCUT2D eigenvalue weighted by Gasteiger charge is 2.08. The third-order valence-electron chi connectivity index (χ3n) is 2.39. The number of nitrogens with two attached hydrogens (primary N) is 1. The lowest BCUT2D eigenvalue weighted by atomic mass is 10.2. The van der Waals surface area contributed by atoms with Crippen LogP contribution in [0.3, 0.4) is 0 Å². The van der Waals surface area contributed by atoms with Crippen LogP contribution in [-0.4, -0.2) is 10.9 Å². The fourth-order valence-electron chi connectivity index (χ4n) is 1.45. The number of pyridine rings is 1. The van der Waals surface area contributed by atoms with Crippen LogP contribution in [0.4, 0.5) is 10.1 Å². The zero-order chi connectivity index (χ0) is 13.0. The number of hydrogen-bond donors (Lipinski definition) is 2. The van der Waals surface area contributed by atoms with Crippen molar-refractivity contribution in [2.75, 3.05) is 5.32 Å². The van der Waals surface area contributed by atoms with Crippen molar-refractivity contribution in [3.63, 3.8) is 0 Å². The maximum absolute atomic E-state index is 12.7. The molecule has 0 aliphatic heterocycles. The van der Waals surface area contributed by atoms with Crippen LogP contribution in [0.2, 0.25) is 0 Å². The SMILES string of the molecule is NCc1ccnc(C(=O)Nc2ccc(F)cc2)c1. The monoisotopic (exact) mass is 245 g/mol. The highest BCUT2D eigenvalue weighted by molar-refractivity contribution is 6.02. The van der Waals surface area contributed by atoms with Gasteiger partial charge in [-0.05, 0) is 42.0 Å². The van der Waals surface area contributed by atoms with Crippen molar-refractivity contribution in [1.29, 1.82) is 0 Å². The molecule has 1 aromatic heterocycles. The molecule has 0 saturated heterocycles. The highest BCUT2D eigenvalue weighted by atomic mass is 19.1. The summed E-state index contributed by atoms with van der Waals surface area (Å²) in [6.07, 6.45) is 1.53. The molecule has 2 rings (SSSR count). The molecule has 0 fully saturated rings. The number of nitrogens with one attached hydrogen (secondary N) is 1. The molecule has 0 radical (unpaired) electrons. The van der Waals surface area contributed by atoms with Gasteiger partial charge in [0.1, 0.15) is 11.5 Å². The van der Waals surface area contributed by atoms with Crippen LogP contribution >= 0.6 is 0 Å². The summed E-state index contributed by atoms with van der Waals surface area (Å²) in [5.74, 6) is -0.701. The van der Waals surface area contributed by atoms with Gasteiger partial charge in [-0.15, -0.1) is 0 Å². The minimum atomic E-state index is -0.351. The molecular weight excluding hydrogens is 233 g/mol. The Labute approximate surface area is 104 Å². The molecule has 2 aromatic rings. The fourth-order valence-corrected chi connectivity index (χ4v) is 1.45. The predicted octanol–water partition coefficient (Wildman–Crippen LogP) is 1.93. The van der Waals surface area contributed by atoms with Crippen molar-refractivity contribution in [1.82, 2.24) is 4.98 Å². The lowest BCUT2D eigenvalue weighted by Gasteiger charge is -2.05. The van der Waals surface area contributed by atoms with E-state index in [2.05, 4.69) is 10.3 Å². The minimum absolute atomic E-state index is 0.280. The van der Waals surface area contributed by atoms with Gasteiger partial charge < -0.3 is 11.1 Å². The lowest BCUT2D eigenvalue weighted by Crippen LogP contribution is -2.14. The zero-order valence-corrected chi connectivity index (χ0v) is 9.56. The van der Waals surface area contributed by atoms with Crippen LogP contribution in [-0.2, 0) is 6.54 Å². The van der Waals surface area contributed by atoms with E-state index in [1.54, 1.807) is 12.1 Å². The van der Waals surface area contributed by atoms with Gasteiger partial charge in [-0.1, -0.05) is 0 Å². The number of rotatable bonds is 3. The summed E-state index contributed by atoms with van der Waals surface area (Å²) in [7, 11) is 0. The number of carbonyl (C=O) groups excluding carboxylic acids is 1. The second-order valence-electron chi connectivity index (χ2n) is 3.71. The molecule has 4 nitrogen and oxygen atoms in total. The molecule has 1 amide bonds. The summed E-state index contributed by atoms with van der Waals surface area (Å²) < 4.78 is 12.7. The Morgan fingerprint density at radius 2 is 2.00 bits per heavy atom. The van der Waals surface area contributed by atoms with Crippen LogP contribution in [0, 0.1) is 5.82 Å². The third-order valence-corrected chi connectivity index (χ3v) is 2.39. The minimum Gasteiger partial charge on any atom is -0.326 e. The lowest BCUT2D eigenvalue weighted by molar-refractivity contribution is 0.102. The van der Waals surface area contributed by atoms with Crippen LogP contribution in [0.5, 0.6) is 0 Å². The number of nitrogens with zero attached hydrogens (tertiary/aromatic N) is 1. The van der Waals surface area contributed by atoms with Crippen molar-refractivity contribution >= 4 is 11.6 Å². The van der Waals surface area contributed by atoms with E-state index in [1.165, 1.54) is 30.5 Å². The van der Waals surface area contributed by atoms with Crippen LogP contribution in [0.25, 0.3) is 0 Å². The number of amides is 1. The van der Waals surface area contributed by atoms with Gasteiger partial charge in [-0.2, -0.15) is 0 Å². The standard InChI is InChI=1S/C13H12FN3O/c14-10-1-3-11(4-2-10)17-13(18)12-7-9(8-15)5-6-16-12/h1-7H,8,15H2,(H,17,18). The number of halogens is 1. The van der Waals surface area contributed by atoms with E-state index in [0.29, 0.717) is 12.2 Å². The van der Waals surface area contributed by atoms with Gasteiger partial charge in [-0.3, -0.25) is 9.78 Å². The number of benzene rings is 1. The molecule has 92 valence electrons. The van der Waals surface area contributed by atoms with E-state index in [-0.39, 0.29) is 17.4 Å². The zero-order valence-electron chi connectivity index (χ0n) is 9.56. The molecule has 1 heterocycles. The number of hydrogen-bond acceptors (Lipinski definition) is 3. The predicted molar refractivity (Wildman–Crippen MR) is 66.5 cm³/mol. The first kappa shape index (κ1) is 12.2. The van der Waals surface area contributed by atoms with Gasteiger partial charge in [0.05, 0.1) is 0 Å². The maximum atomic E-state index is 12.7. The molecule has 5 heteroatoms. The van der Waals surface area contributed by atoms with E-state index in [9.17, 15) is 9.18 Å². The summed E-state index contributed by atoms with van der Waals surface area (Å²) in [6, 6.07) is 8.90. The van der Waals surface area contributed by atoms with Gasteiger partial charge >= 0.3 is 0 Å². The topological polar surface area (TPSA) is 68.0 Å². The molecule has 0 atom stereocenters. The van der Waals surface area contributed by atoms with Gasteiger partial charge in [0, 0.05) is 18.4 Å². The van der Waals surface area contributed by atoms with Crippen LogP contribution < -0.4 is 11.1 Å². The van der Waals surface area contributed by atoms with Gasteiger partial charge in [0.15, 0.2) is 0 Å². The summed E-state index contributed by atoms with van der Waals surface area (Å²) >= 11 is 0. The quantitative estimate of drug-likeness (QED) is 0.868. The van der Waals surface area contributed by atoms with Crippen molar-refractivity contribution in [2.45, 2.75) is 6.54 Å². The molecule has 18 heavy (non-hydrogen) atoms. The Morgan fingerprint density at radius 1 is 1.28 bits per heavy atom. The van der Waals surface area contributed by atoms with E-state index in [1.807, 2.05) is 0 Å². The molecule has 0 aliphatic rings. The first-order valence-corrected chi connectivity index (χ1v) is 5.41.